The third-order valence-corrected chi connectivity index (χ3v) is 2.71. The Labute approximate surface area is 122 Å². The van der Waals surface area contributed by atoms with Gasteiger partial charge in [0.15, 0.2) is 5.11 Å². The molecule has 0 atom stereocenters. The Bertz CT molecular complexity index is 425. The SMILES string of the molecule is COCCCNC(=S)NNC(=O)c1ccc(Cl)cc1. The largest absolute Gasteiger partial charge is 0.385 e. The summed E-state index contributed by atoms with van der Waals surface area (Å²) in [5.41, 5.74) is 5.61. The van der Waals surface area contributed by atoms with Gasteiger partial charge in [-0.3, -0.25) is 15.6 Å². The molecule has 7 heteroatoms. The highest BCUT2D eigenvalue weighted by atomic mass is 35.5. The molecule has 5 nitrogen and oxygen atoms in total. The van der Waals surface area contributed by atoms with Crippen molar-refractivity contribution in [2.24, 2.45) is 0 Å². The third-order valence-electron chi connectivity index (χ3n) is 2.21. The van der Waals surface area contributed by atoms with E-state index in [0.29, 0.717) is 28.9 Å². The molecule has 1 rings (SSSR count). The molecule has 1 aromatic carbocycles. The first-order chi connectivity index (χ1) is 9.13. The Kier molecular flexibility index (Phi) is 7.17. The smallest absolute Gasteiger partial charge is 0.269 e. The van der Waals surface area contributed by atoms with Crippen molar-refractivity contribution in [3.63, 3.8) is 0 Å². The van der Waals surface area contributed by atoms with Crippen molar-refractivity contribution in [2.75, 3.05) is 20.3 Å². The molecule has 1 amide bonds. The molecule has 19 heavy (non-hydrogen) atoms. The van der Waals surface area contributed by atoms with Crippen LogP contribution in [0.4, 0.5) is 0 Å². The standard InChI is InChI=1S/C12H16ClN3O2S/c1-18-8-2-7-14-12(19)16-15-11(17)9-3-5-10(13)6-4-9/h3-6H,2,7-8H2,1H3,(H,15,17)(H2,14,16,19). The van der Waals surface area contributed by atoms with Crippen molar-refractivity contribution >= 4 is 34.8 Å². The Morgan fingerprint density at radius 3 is 2.63 bits per heavy atom. The Balaban J connectivity index is 2.26. The van der Waals surface area contributed by atoms with Gasteiger partial charge in [0.05, 0.1) is 0 Å². The van der Waals surface area contributed by atoms with Gasteiger partial charge < -0.3 is 10.1 Å². The summed E-state index contributed by atoms with van der Waals surface area (Å²) in [6, 6.07) is 6.57. The maximum atomic E-state index is 11.7. The lowest BCUT2D eigenvalue weighted by molar-refractivity contribution is 0.0943. The second kappa shape index (κ2) is 8.68. The van der Waals surface area contributed by atoms with Crippen LogP contribution in [-0.2, 0) is 4.74 Å². The van der Waals surface area contributed by atoms with Crippen molar-refractivity contribution in [1.29, 1.82) is 0 Å². The van der Waals surface area contributed by atoms with E-state index in [1.54, 1.807) is 31.4 Å². The van der Waals surface area contributed by atoms with E-state index >= 15 is 0 Å². The van der Waals surface area contributed by atoms with E-state index in [9.17, 15) is 4.79 Å². The fourth-order valence-electron chi connectivity index (χ4n) is 1.25. The summed E-state index contributed by atoms with van der Waals surface area (Å²) in [6.07, 6.45) is 0.837. The van der Waals surface area contributed by atoms with Crippen molar-refractivity contribution in [3.05, 3.63) is 34.9 Å². The second-order valence-corrected chi connectivity index (χ2v) is 4.53. The van der Waals surface area contributed by atoms with Crippen LogP contribution in [0.1, 0.15) is 16.8 Å². The van der Waals surface area contributed by atoms with Gasteiger partial charge in [-0.1, -0.05) is 11.6 Å². The van der Waals surface area contributed by atoms with Gasteiger partial charge in [-0.25, -0.2) is 0 Å². The highest BCUT2D eigenvalue weighted by Gasteiger charge is 2.04. The number of halogens is 1. The van der Waals surface area contributed by atoms with Crippen LogP contribution in [-0.4, -0.2) is 31.3 Å². The van der Waals surface area contributed by atoms with Gasteiger partial charge in [-0.05, 0) is 42.9 Å². The van der Waals surface area contributed by atoms with Crippen LogP contribution in [0.2, 0.25) is 5.02 Å². The molecule has 104 valence electrons. The molecule has 3 N–H and O–H groups in total. The summed E-state index contributed by atoms with van der Waals surface area (Å²) >= 11 is 10.7. The normalized spacial score (nSPS) is 9.79. The number of benzene rings is 1. The van der Waals surface area contributed by atoms with Crippen molar-refractivity contribution in [1.82, 2.24) is 16.2 Å². The van der Waals surface area contributed by atoms with Crippen molar-refractivity contribution < 1.29 is 9.53 Å². The monoisotopic (exact) mass is 301 g/mol. The predicted octanol–water partition coefficient (Wildman–Crippen LogP) is 1.49. The molecule has 0 unspecified atom stereocenters. The minimum Gasteiger partial charge on any atom is -0.385 e. The summed E-state index contributed by atoms with van der Waals surface area (Å²) in [7, 11) is 1.64. The number of nitrogens with one attached hydrogen (secondary N) is 3. The van der Waals surface area contributed by atoms with Gasteiger partial charge in [0, 0.05) is 30.8 Å². The molecular formula is C12H16ClN3O2S. The highest BCUT2D eigenvalue weighted by Crippen LogP contribution is 2.08. The number of rotatable bonds is 5. The summed E-state index contributed by atoms with van der Waals surface area (Å²) in [4.78, 5) is 11.7. The van der Waals surface area contributed by atoms with E-state index in [1.807, 2.05) is 0 Å². The summed E-state index contributed by atoms with van der Waals surface area (Å²) in [5, 5.41) is 3.88. The van der Waals surface area contributed by atoms with E-state index in [0.717, 1.165) is 6.42 Å². The number of hydrazine groups is 1. The van der Waals surface area contributed by atoms with Crippen LogP contribution in [0.3, 0.4) is 0 Å². The molecule has 0 saturated carbocycles. The highest BCUT2D eigenvalue weighted by molar-refractivity contribution is 7.80. The van der Waals surface area contributed by atoms with Crippen LogP contribution in [0.15, 0.2) is 24.3 Å². The maximum Gasteiger partial charge on any atom is 0.269 e. The molecule has 0 fully saturated rings. The van der Waals surface area contributed by atoms with Crippen LogP contribution >= 0.6 is 23.8 Å². The number of hydrogen-bond donors (Lipinski definition) is 3. The number of carbonyl (C=O) groups is 1. The summed E-state index contributed by atoms with van der Waals surface area (Å²) in [5.74, 6) is -0.280. The number of carbonyl (C=O) groups excluding carboxylic acids is 1. The van der Waals surface area contributed by atoms with Crippen molar-refractivity contribution in [3.8, 4) is 0 Å². The summed E-state index contributed by atoms with van der Waals surface area (Å²) in [6.45, 7) is 1.34. The zero-order valence-electron chi connectivity index (χ0n) is 10.5. The fourth-order valence-corrected chi connectivity index (χ4v) is 1.53. The molecule has 0 radical (unpaired) electrons. The van der Waals surface area contributed by atoms with Crippen LogP contribution in [0.25, 0.3) is 0 Å². The molecule has 1 aromatic rings. The van der Waals surface area contributed by atoms with E-state index in [2.05, 4.69) is 16.2 Å². The number of amides is 1. The zero-order chi connectivity index (χ0) is 14.1. The molecule has 0 bridgehead atoms. The lowest BCUT2D eigenvalue weighted by atomic mass is 10.2. The molecule has 0 spiro atoms. The van der Waals surface area contributed by atoms with Gasteiger partial charge in [0.2, 0.25) is 0 Å². The van der Waals surface area contributed by atoms with Gasteiger partial charge in [0.25, 0.3) is 5.91 Å². The minimum absolute atomic E-state index is 0.280. The lowest BCUT2D eigenvalue weighted by Crippen LogP contribution is -2.47. The number of hydrogen-bond acceptors (Lipinski definition) is 3. The van der Waals surface area contributed by atoms with Gasteiger partial charge in [0.1, 0.15) is 0 Å². The van der Waals surface area contributed by atoms with E-state index < -0.39 is 0 Å². The lowest BCUT2D eigenvalue weighted by Gasteiger charge is -2.11. The molecule has 0 aliphatic rings. The van der Waals surface area contributed by atoms with Crippen LogP contribution < -0.4 is 16.2 Å². The van der Waals surface area contributed by atoms with Crippen molar-refractivity contribution in [2.45, 2.75) is 6.42 Å². The first-order valence-electron chi connectivity index (χ1n) is 5.72. The molecule has 0 aromatic heterocycles. The molecular weight excluding hydrogens is 286 g/mol. The minimum atomic E-state index is -0.280. The fraction of sp³-hybridized carbons (Fsp3) is 0.333. The van der Waals surface area contributed by atoms with Crippen LogP contribution in [0, 0.1) is 0 Å². The van der Waals surface area contributed by atoms with E-state index in [1.165, 1.54) is 0 Å². The van der Waals surface area contributed by atoms with Crippen LogP contribution in [0.5, 0.6) is 0 Å². The second-order valence-electron chi connectivity index (χ2n) is 3.69. The molecule has 0 aliphatic carbocycles. The van der Waals surface area contributed by atoms with E-state index in [4.69, 9.17) is 28.6 Å². The quantitative estimate of drug-likeness (QED) is 0.437. The first-order valence-corrected chi connectivity index (χ1v) is 6.51. The number of methoxy groups -OCH3 is 1. The number of thiocarbonyl (C=S) groups is 1. The number of ether oxygens (including phenoxy) is 1. The third kappa shape index (κ3) is 6.37. The van der Waals surface area contributed by atoms with E-state index in [-0.39, 0.29) is 5.91 Å². The molecule has 0 saturated heterocycles. The topological polar surface area (TPSA) is 62.4 Å². The summed E-state index contributed by atoms with van der Waals surface area (Å²) < 4.78 is 4.91. The predicted molar refractivity (Wildman–Crippen MR) is 79.1 cm³/mol. The zero-order valence-corrected chi connectivity index (χ0v) is 12.1. The Morgan fingerprint density at radius 2 is 2.00 bits per heavy atom. The van der Waals surface area contributed by atoms with Gasteiger partial charge in [-0.2, -0.15) is 0 Å². The Morgan fingerprint density at radius 1 is 1.32 bits per heavy atom. The molecule has 0 heterocycles. The average Bonchev–Trinajstić information content (AvgIpc) is 2.42. The maximum absolute atomic E-state index is 11.7. The first kappa shape index (κ1) is 15.7. The Hall–Kier alpha value is -1.37. The van der Waals surface area contributed by atoms with Gasteiger partial charge in [-0.15, -0.1) is 0 Å². The molecule has 0 aliphatic heterocycles. The average molecular weight is 302 g/mol. The van der Waals surface area contributed by atoms with Gasteiger partial charge >= 0.3 is 0 Å².